The van der Waals surface area contributed by atoms with Crippen molar-refractivity contribution in [2.24, 2.45) is 11.8 Å². The molecule has 0 spiro atoms. The number of nitrogens with zero attached hydrogens (tertiary/aromatic N) is 1. The van der Waals surface area contributed by atoms with Gasteiger partial charge in [0, 0.05) is 25.6 Å². The van der Waals surface area contributed by atoms with Crippen LogP contribution in [0, 0.1) is 11.8 Å². The third-order valence-electron chi connectivity index (χ3n) is 3.81. The molecule has 3 atom stereocenters. The highest BCUT2D eigenvalue weighted by Gasteiger charge is 2.32. The van der Waals surface area contributed by atoms with Crippen molar-refractivity contribution in [3.63, 3.8) is 0 Å². The summed E-state index contributed by atoms with van der Waals surface area (Å²) in [6.45, 7) is 8.13. The molecule has 0 saturated carbocycles. The van der Waals surface area contributed by atoms with Gasteiger partial charge >= 0.3 is 18.0 Å². The number of amides is 2. The molecule has 0 aromatic carbocycles. The number of aliphatic carboxylic acids is 1. The van der Waals surface area contributed by atoms with Gasteiger partial charge in [-0.25, -0.2) is 4.79 Å². The molecule has 3 unspecified atom stereocenters. The van der Waals surface area contributed by atoms with Gasteiger partial charge < -0.3 is 20.1 Å². The molecule has 0 radical (unpaired) electrons. The molecule has 1 rings (SSSR count). The van der Waals surface area contributed by atoms with Gasteiger partial charge in [-0.05, 0) is 39.5 Å². The molecule has 7 nitrogen and oxygen atoms in total. The predicted molar refractivity (Wildman–Crippen MR) is 84.9 cm³/mol. The predicted octanol–water partition coefficient (Wildman–Crippen LogP) is 1.86. The van der Waals surface area contributed by atoms with Gasteiger partial charge in [0.15, 0.2) is 0 Å². The van der Waals surface area contributed by atoms with E-state index in [-0.39, 0.29) is 43.0 Å². The van der Waals surface area contributed by atoms with Crippen molar-refractivity contribution in [1.82, 2.24) is 10.2 Å². The van der Waals surface area contributed by atoms with E-state index >= 15 is 0 Å². The second-order valence-corrected chi connectivity index (χ2v) is 6.71. The first-order chi connectivity index (χ1) is 10.7. The van der Waals surface area contributed by atoms with Crippen LogP contribution in [-0.2, 0) is 14.3 Å². The summed E-state index contributed by atoms with van der Waals surface area (Å²) >= 11 is 0. The zero-order chi connectivity index (χ0) is 17.6. The fourth-order valence-corrected chi connectivity index (χ4v) is 2.73. The van der Waals surface area contributed by atoms with Gasteiger partial charge in [0.05, 0.1) is 12.0 Å². The van der Waals surface area contributed by atoms with Crippen LogP contribution in [0.4, 0.5) is 4.79 Å². The highest BCUT2D eigenvalue weighted by molar-refractivity contribution is 5.77. The Morgan fingerprint density at radius 1 is 1.26 bits per heavy atom. The molecule has 7 heteroatoms. The van der Waals surface area contributed by atoms with E-state index in [0.29, 0.717) is 19.4 Å². The molecule has 1 aliphatic rings. The van der Waals surface area contributed by atoms with Crippen LogP contribution >= 0.6 is 0 Å². The fourth-order valence-electron chi connectivity index (χ4n) is 2.73. The number of urea groups is 1. The van der Waals surface area contributed by atoms with Gasteiger partial charge in [-0.1, -0.05) is 6.92 Å². The Kier molecular flexibility index (Phi) is 7.32. The van der Waals surface area contributed by atoms with Gasteiger partial charge in [0.25, 0.3) is 0 Å². The number of piperidine rings is 1. The number of carbonyl (C=O) groups is 3. The van der Waals surface area contributed by atoms with Gasteiger partial charge in [-0.3, -0.25) is 9.59 Å². The van der Waals surface area contributed by atoms with Crippen molar-refractivity contribution >= 4 is 18.0 Å². The number of esters is 1. The summed E-state index contributed by atoms with van der Waals surface area (Å²) in [4.78, 5) is 36.4. The highest BCUT2D eigenvalue weighted by atomic mass is 16.5. The third kappa shape index (κ3) is 6.88. The summed E-state index contributed by atoms with van der Waals surface area (Å²) in [5.74, 6) is -1.50. The first kappa shape index (κ1) is 19.3. The molecule has 23 heavy (non-hydrogen) atoms. The number of rotatable bonds is 6. The zero-order valence-electron chi connectivity index (χ0n) is 14.4. The maximum absolute atomic E-state index is 12.3. The highest BCUT2D eigenvalue weighted by Crippen LogP contribution is 2.21. The maximum Gasteiger partial charge on any atom is 0.317 e. The second kappa shape index (κ2) is 8.74. The van der Waals surface area contributed by atoms with Crippen LogP contribution in [0.3, 0.4) is 0 Å². The van der Waals surface area contributed by atoms with Gasteiger partial charge in [0.2, 0.25) is 0 Å². The molecule has 2 amide bonds. The Morgan fingerprint density at radius 3 is 2.48 bits per heavy atom. The average Bonchev–Trinajstić information content (AvgIpc) is 2.43. The number of carbonyl (C=O) groups excluding carboxylic acids is 2. The smallest absolute Gasteiger partial charge is 0.317 e. The van der Waals surface area contributed by atoms with Crippen LogP contribution in [-0.4, -0.2) is 53.2 Å². The molecule has 0 bridgehead atoms. The normalized spacial score (nSPS) is 22.6. The lowest BCUT2D eigenvalue weighted by Crippen LogP contribution is -2.51. The molecule has 1 fully saturated rings. The minimum absolute atomic E-state index is 0.143. The summed E-state index contributed by atoms with van der Waals surface area (Å²) in [6.07, 6.45) is 1.18. The summed E-state index contributed by atoms with van der Waals surface area (Å²) in [7, 11) is 0. The van der Waals surface area contributed by atoms with Crippen LogP contribution in [0.1, 0.15) is 47.0 Å². The lowest BCUT2D eigenvalue weighted by molar-refractivity contribution is -0.147. The monoisotopic (exact) mass is 328 g/mol. The average molecular weight is 328 g/mol. The number of nitrogens with one attached hydrogen (secondary N) is 1. The lowest BCUT2D eigenvalue weighted by atomic mass is 9.91. The summed E-state index contributed by atoms with van der Waals surface area (Å²) in [6, 6.07) is -0.449. The minimum atomic E-state index is -0.862. The van der Waals surface area contributed by atoms with Gasteiger partial charge in [-0.2, -0.15) is 0 Å². The topological polar surface area (TPSA) is 95.9 Å². The Hall–Kier alpha value is -1.79. The largest absolute Gasteiger partial charge is 0.481 e. The standard InChI is InChI=1S/C16H28N2O5/c1-10(2)23-14(19)6-5-12(4)17-16(22)18-8-11(3)7-13(9-18)15(20)21/h10-13H,5-9H2,1-4H3,(H,17,22)(H,20,21). The summed E-state index contributed by atoms with van der Waals surface area (Å²) < 4.78 is 5.05. The molecule has 0 aromatic rings. The first-order valence-electron chi connectivity index (χ1n) is 8.16. The SMILES string of the molecule is CC1CC(C(=O)O)CN(C(=O)NC(C)CCC(=O)OC(C)C)C1. The van der Waals surface area contributed by atoms with Crippen molar-refractivity contribution in [1.29, 1.82) is 0 Å². The second-order valence-electron chi connectivity index (χ2n) is 6.71. The fraction of sp³-hybridized carbons (Fsp3) is 0.812. The molecule has 132 valence electrons. The molecule has 1 saturated heterocycles. The number of ether oxygens (including phenoxy) is 1. The molecular weight excluding hydrogens is 300 g/mol. The third-order valence-corrected chi connectivity index (χ3v) is 3.81. The molecule has 2 N–H and O–H groups in total. The van der Waals surface area contributed by atoms with E-state index in [1.165, 1.54) is 0 Å². The van der Waals surface area contributed by atoms with E-state index in [9.17, 15) is 14.4 Å². The number of carboxylic acid groups (broad SMARTS) is 1. The Labute approximate surface area is 137 Å². The molecule has 0 aromatic heterocycles. The van der Waals surface area contributed by atoms with Crippen LogP contribution in [0.15, 0.2) is 0 Å². The van der Waals surface area contributed by atoms with Crippen molar-refractivity contribution in [3.8, 4) is 0 Å². The van der Waals surface area contributed by atoms with Crippen LogP contribution in [0.2, 0.25) is 0 Å². The van der Waals surface area contributed by atoms with Gasteiger partial charge in [0.1, 0.15) is 0 Å². The van der Waals surface area contributed by atoms with Crippen LogP contribution in [0.25, 0.3) is 0 Å². The number of likely N-dealkylation sites (tertiary alicyclic amines) is 1. The lowest BCUT2D eigenvalue weighted by Gasteiger charge is -2.35. The summed E-state index contributed by atoms with van der Waals surface area (Å²) in [5, 5.41) is 12.0. The first-order valence-corrected chi connectivity index (χ1v) is 8.16. The molecule has 1 aliphatic heterocycles. The number of carboxylic acids is 1. The maximum atomic E-state index is 12.3. The van der Waals surface area contributed by atoms with E-state index in [1.54, 1.807) is 18.7 Å². The van der Waals surface area contributed by atoms with E-state index in [1.807, 2.05) is 13.8 Å². The zero-order valence-corrected chi connectivity index (χ0v) is 14.4. The summed E-state index contributed by atoms with van der Waals surface area (Å²) in [5.41, 5.74) is 0. The van der Waals surface area contributed by atoms with E-state index < -0.39 is 11.9 Å². The molecular formula is C16H28N2O5. The Balaban J connectivity index is 2.42. The minimum Gasteiger partial charge on any atom is -0.481 e. The van der Waals surface area contributed by atoms with Crippen LogP contribution < -0.4 is 5.32 Å². The van der Waals surface area contributed by atoms with E-state index in [0.717, 1.165) is 0 Å². The molecule has 0 aliphatic carbocycles. The quantitative estimate of drug-likeness (QED) is 0.726. The van der Waals surface area contributed by atoms with Crippen molar-refractivity contribution in [2.45, 2.75) is 59.1 Å². The van der Waals surface area contributed by atoms with E-state index in [2.05, 4.69) is 5.32 Å². The van der Waals surface area contributed by atoms with Crippen molar-refractivity contribution in [3.05, 3.63) is 0 Å². The Bertz CT molecular complexity index is 438. The van der Waals surface area contributed by atoms with Crippen molar-refractivity contribution < 1.29 is 24.2 Å². The van der Waals surface area contributed by atoms with Crippen LogP contribution in [0.5, 0.6) is 0 Å². The van der Waals surface area contributed by atoms with Gasteiger partial charge in [-0.15, -0.1) is 0 Å². The van der Waals surface area contributed by atoms with E-state index in [4.69, 9.17) is 9.84 Å². The number of hydrogen-bond donors (Lipinski definition) is 2. The van der Waals surface area contributed by atoms with Crippen molar-refractivity contribution in [2.75, 3.05) is 13.1 Å². The molecule has 1 heterocycles. The number of hydrogen-bond acceptors (Lipinski definition) is 4. The Morgan fingerprint density at radius 2 is 1.91 bits per heavy atom.